The van der Waals surface area contributed by atoms with Crippen molar-refractivity contribution in [3.05, 3.63) is 64.7 Å². The zero-order valence-electron chi connectivity index (χ0n) is 19.6. The van der Waals surface area contributed by atoms with Gasteiger partial charge in [-0.05, 0) is 48.4 Å². The van der Waals surface area contributed by atoms with Crippen LogP contribution in [0.25, 0.3) is 22.2 Å². The van der Waals surface area contributed by atoms with E-state index in [0.717, 1.165) is 17.1 Å². The Hall–Kier alpha value is -3.61. The van der Waals surface area contributed by atoms with E-state index in [4.69, 9.17) is 10.7 Å². The lowest BCUT2D eigenvalue weighted by Gasteiger charge is -2.39. The highest BCUT2D eigenvalue weighted by atomic mass is 32.1. The molecule has 6 nitrogen and oxygen atoms in total. The van der Waals surface area contributed by atoms with Crippen molar-refractivity contribution in [3.63, 3.8) is 0 Å². The Morgan fingerprint density at radius 2 is 1.86 bits per heavy atom. The van der Waals surface area contributed by atoms with Gasteiger partial charge in [-0.25, -0.2) is 18.7 Å². The molecule has 0 saturated carbocycles. The molecule has 2 N–H and O–H groups in total. The fraction of sp³-hybridized carbons (Fsp3) is 0.269. The highest BCUT2D eigenvalue weighted by molar-refractivity contribution is 7.16. The molecular formula is C26H24F2N6S. The Morgan fingerprint density at radius 3 is 2.49 bits per heavy atom. The average Bonchev–Trinajstić information content (AvgIpc) is 3.26. The number of halogens is 2. The number of hydrogen-bond donors (Lipinski definition) is 1. The van der Waals surface area contributed by atoms with Gasteiger partial charge in [0.2, 0.25) is 0 Å². The van der Waals surface area contributed by atoms with Crippen molar-refractivity contribution < 1.29 is 8.78 Å². The third kappa shape index (κ3) is 4.20. The molecular weight excluding hydrogens is 466 g/mol. The Labute approximate surface area is 206 Å². The van der Waals surface area contributed by atoms with Gasteiger partial charge in [-0.15, -0.1) is 0 Å². The number of nitrogens with zero attached hydrogens (tertiary/aromatic N) is 5. The quantitative estimate of drug-likeness (QED) is 0.395. The molecule has 5 rings (SSSR count). The topological polar surface area (TPSA) is 82.1 Å². The molecule has 35 heavy (non-hydrogen) atoms. The van der Waals surface area contributed by atoms with Crippen molar-refractivity contribution in [3.8, 4) is 17.3 Å². The molecule has 0 spiro atoms. The molecule has 0 atom stereocenters. The number of hydrogen-bond acceptors (Lipinski definition) is 7. The van der Waals surface area contributed by atoms with E-state index in [1.54, 1.807) is 12.1 Å². The summed E-state index contributed by atoms with van der Waals surface area (Å²) < 4.78 is 28.7. The summed E-state index contributed by atoms with van der Waals surface area (Å²) in [5.41, 5.74) is 9.64. The Kier molecular flexibility index (Phi) is 5.87. The molecule has 0 amide bonds. The van der Waals surface area contributed by atoms with Crippen molar-refractivity contribution in [2.75, 3.05) is 29.9 Å². The van der Waals surface area contributed by atoms with Gasteiger partial charge < -0.3 is 15.5 Å². The second kappa shape index (κ2) is 8.87. The third-order valence-electron chi connectivity index (χ3n) is 6.20. The summed E-state index contributed by atoms with van der Waals surface area (Å²) in [6, 6.07) is 13.6. The maximum atomic E-state index is 15.3. The minimum atomic E-state index is -0.390. The van der Waals surface area contributed by atoms with Gasteiger partial charge in [-0.3, -0.25) is 0 Å². The molecule has 1 aliphatic heterocycles. The predicted octanol–water partition coefficient (Wildman–Crippen LogP) is 5.55. The van der Waals surface area contributed by atoms with Crippen LogP contribution < -0.4 is 15.5 Å². The molecule has 4 aromatic rings. The summed E-state index contributed by atoms with van der Waals surface area (Å²) >= 11 is 1.23. The largest absolute Gasteiger partial charge is 0.368 e. The fourth-order valence-corrected chi connectivity index (χ4v) is 5.05. The Balaban J connectivity index is 1.65. The Bertz CT molecular complexity index is 1450. The predicted molar refractivity (Wildman–Crippen MR) is 136 cm³/mol. The zero-order valence-corrected chi connectivity index (χ0v) is 20.4. The zero-order chi connectivity index (χ0) is 24.9. The van der Waals surface area contributed by atoms with Crippen LogP contribution in [0.3, 0.4) is 0 Å². The van der Waals surface area contributed by atoms with Crippen LogP contribution in [0.1, 0.15) is 30.3 Å². The third-order valence-corrected chi connectivity index (χ3v) is 7.24. The van der Waals surface area contributed by atoms with E-state index < -0.39 is 0 Å². The molecule has 2 aromatic heterocycles. The number of anilines is 3. The number of nitrogens with two attached hydrogens (primary N) is 1. The highest BCUT2D eigenvalue weighted by Gasteiger charge is 2.26. The number of nitriles is 1. The number of aromatic nitrogens is 2. The summed E-state index contributed by atoms with van der Waals surface area (Å²) in [5, 5.41) is 11.0. The molecule has 1 fully saturated rings. The Morgan fingerprint density at radius 1 is 1.14 bits per heavy atom. The standard InChI is InChI=1S/C26H24F2N6S/c1-14(2)21-10-22(19-8-18(34-12-17(30)13-34)9-20(28)25(19)31-21)33(3)26-32-24(23(11-29)35-26)15-4-6-16(27)7-5-15/h4-10,14,17H,12-13,30H2,1-3H3. The second-order valence-corrected chi connectivity index (χ2v) is 10.0. The van der Waals surface area contributed by atoms with E-state index in [1.165, 1.54) is 29.5 Å². The lowest BCUT2D eigenvalue weighted by atomic mass is 10.0. The number of rotatable bonds is 5. The molecule has 2 aromatic carbocycles. The second-order valence-electron chi connectivity index (χ2n) is 9.06. The van der Waals surface area contributed by atoms with Gasteiger partial charge in [0.25, 0.3) is 0 Å². The van der Waals surface area contributed by atoms with E-state index in [0.29, 0.717) is 45.3 Å². The van der Waals surface area contributed by atoms with Crippen LogP contribution in [0.5, 0.6) is 0 Å². The minimum Gasteiger partial charge on any atom is -0.368 e. The molecule has 0 aliphatic carbocycles. The van der Waals surface area contributed by atoms with Crippen LogP contribution in [0.15, 0.2) is 42.5 Å². The van der Waals surface area contributed by atoms with E-state index in [2.05, 4.69) is 11.1 Å². The van der Waals surface area contributed by atoms with Crippen LogP contribution >= 0.6 is 11.3 Å². The summed E-state index contributed by atoms with van der Waals surface area (Å²) in [6.45, 7) is 5.37. The summed E-state index contributed by atoms with van der Waals surface area (Å²) in [5.74, 6) is -0.663. The SMILES string of the molecule is CC(C)c1cc(N(C)c2nc(-c3ccc(F)cc3)c(C#N)s2)c2cc(N3CC(N)C3)cc(F)c2n1. The van der Waals surface area contributed by atoms with Crippen LogP contribution in [0.4, 0.5) is 25.3 Å². The minimum absolute atomic E-state index is 0.0831. The molecule has 1 saturated heterocycles. The maximum absolute atomic E-state index is 15.3. The van der Waals surface area contributed by atoms with Crippen LogP contribution in [0.2, 0.25) is 0 Å². The normalized spacial score (nSPS) is 13.8. The lowest BCUT2D eigenvalue weighted by molar-refractivity contribution is 0.518. The van der Waals surface area contributed by atoms with Crippen molar-refractivity contribution in [2.24, 2.45) is 5.73 Å². The summed E-state index contributed by atoms with van der Waals surface area (Å²) in [4.78, 5) is 13.6. The van der Waals surface area contributed by atoms with Gasteiger partial charge in [0, 0.05) is 48.5 Å². The van der Waals surface area contributed by atoms with Crippen molar-refractivity contribution in [1.82, 2.24) is 9.97 Å². The van der Waals surface area contributed by atoms with E-state index in [1.807, 2.05) is 42.8 Å². The van der Waals surface area contributed by atoms with Gasteiger partial charge in [0.1, 0.15) is 28.0 Å². The van der Waals surface area contributed by atoms with Crippen LogP contribution in [-0.2, 0) is 0 Å². The maximum Gasteiger partial charge on any atom is 0.191 e. The number of fused-ring (bicyclic) bond motifs is 1. The number of thiazole rings is 1. The summed E-state index contributed by atoms with van der Waals surface area (Å²) in [7, 11) is 1.84. The smallest absolute Gasteiger partial charge is 0.191 e. The molecule has 178 valence electrons. The van der Waals surface area contributed by atoms with E-state index in [9.17, 15) is 9.65 Å². The van der Waals surface area contributed by atoms with Gasteiger partial charge in [0.05, 0.1) is 5.69 Å². The first-order valence-electron chi connectivity index (χ1n) is 11.3. The average molecular weight is 491 g/mol. The van der Waals surface area contributed by atoms with Crippen molar-refractivity contribution in [1.29, 1.82) is 5.26 Å². The van der Waals surface area contributed by atoms with Gasteiger partial charge in [0.15, 0.2) is 10.9 Å². The van der Waals surface area contributed by atoms with Crippen LogP contribution in [-0.4, -0.2) is 36.1 Å². The first kappa shape index (κ1) is 23.1. The van der Waals surface area contributed by atoms with Gasteiger partial charge >= 0.3 is 0 Å². The molecule has 3 heterocycles. The van der Waals surface area contributed by atoms with Gasteiger partial charge in [-0.1, -0.05) is 25.2 Å². The van der Waals surface area contributed by atoms with Crippen molar-refractivity contribution in [2.45, 2.75) is 25.8 Å². The highest BCUT2D eigenvalue weighted by Crippen LogP contribution is 2.40. The first-order valence-corrected chi connectivity index (χ1v) is 12.1. The fourth-order valence-electron chi connectivity index (χ4n) is 4.19. The van der Waals surface area contributed by atoms with Crippen molar-refractivity contribution >= 4 is 38.7 Å². The lowest BCUT2D eigenvalue weighted by Crippen LogP contribution is -2.55. The number of benzene rings is 2. The molecule has 0 bridgehead atoms. The monoisotopic (exact) mass is 490 g/mol. The first-order chi connectivity index (χ1) is 16.7. The van der Waals surface area contributed by atoms with E-state index >= 15 is 4.39 Å². The molecule has 1 aliphatic rings. The molecule has 0 radical (unpaired) electrons. The summed E-state index contributed by atoms with van der Waals surface area (Å²) in [6.07, 6.45) is 0. The molecule has 9 heteroatoms. The van der Waals surface area contributed by atoms with Crippen LogP contribution in [0, 0.1) is 23.0 Å². The van der Waals surface area contributed by atoms with Gasteiger partial charge in [-0.2, -0.15) is 5.26 Å². The molecule has 0 unspecified atom stereocenters. The van der Waals surface area contributed by atoms with E-state index in [-0.39, 0.29) is 23.6 Å². The number of pyridine rings is 1.